The van der Waals surface area contributed by atoms with Gasteiger partial charge in [0.2, 0.25) is 0 Å². The lowest BCUT2D eigenvalue weighted by atomic mass is 9.68. The number of para-hydroxylation sites is 1. The Morgan fingerprint density at radius 2 is 2.12 bits per heavy atom. The van der Waals surface area contributed by atoms with Crippen molar-refractivity contribution in [1.29, 1.82) is 0 Å². The summed E-state index contributed by atoms with van der Waals surface area (Å²) in [6.45, 7) is 4.61. The quantitative estimate of drug-likeness (QED) is 0.799. The highest BCUT2D eigenvalue weighted by Gasteiger charge is 2.38. The van der Waals surface area contributed by atoms with Gasteiger partial charge in [0.1, 0.15) is 11.0 Å². The molecule has 0 bridgehead atoms. The van der Waals surface area contributed by atoms with Crippen LogP contribution in [0.25, 0.3) is 11.0 Å². The zero-order valence-electron chi connectivity index (χ0n) is 9.44. The maximum Gasteiger partial charge on any atom is 0.114 e. The molecule has 1 aliphatic carbocycles. The van der Waals surface area contributed by atoms with Crippen LogP contribution in [0.4, 0.5) is 0 Å². The third kappa shape index (κ3) is 1.47. The standard InChI is InChI=1S/C12H14BrN3/c1-12(2)6-8(7-12)16-11-9(13)4-3-5-10(11)14-15-16/h3-5,8H,6-7H2,1-2H3. The van der Waals surface area contributed by atoms with Crippen molar-refractivity contribution in [3.05, 3.63) is 22.7 Å². The summed E-state index contributed by atoms with van der Waals surface area (Å²) in [6, 6.07) is 6.56. The van der Waals surface area contributed by atoms with Gasteiger partial charge in [0.15, 0.2) is 0 Å². The second-order valence-corrected chi connectivity index (χ2v) is 6.22. The number of halogens is 1. The molecule has 0 saturated heterocycles. The van der Waals surface area contributed by atoms with Gasteiger partial charge in [0.25, 0.3) is 0 Å². The second-order valence-electron chi connectivity index (χ2n) is 5.37. The molecule has 1 aromatic heterocycles. The van der Waals surface area contributed by atoms with E-state index in [1.54, 1.807) is 0 Å². The molecule has 0 atom stereocenters. The van der Waals surface area contributed by atoms with Crippen LogP contribution in [-0.4, -0.2) is 15.0 Å². The molecule has 2 aromatic rings. The Balaban J connectivity index is 2.06. The Bertz CT molecular complexity index is 536. The molecule has 84 valence electrons. The van der Waals surface area contributed by atoms with E-state index in [-0.39, 0.29) is 0 Å². The monoisotopic (exact) mass is 279 g/mol. The summed E-state index contributed by atoms with van der Waals surface area (Å²) in [5, 5.41) is 8.49. The number of fused-ring (bicyclic) bond motifs is 1. The topological polar surface area (TPSA) is 30.7 Å². The van der Waals surface area contributed by atoms with Crippen molar-refractivity contribution in [1.82, 2.24) is 15.0 Å². The first-order valence-corrected chi connectivity index (χ1v) is 6.36. The molecule has 16 heavy (non-hydrogen) atoms. The molecule has 0 unspecified atom stereocenters. The molecule has 1 fully saturated rings. The molecular weight excluding hydrogens is 266 g/mol. The lowest BCUT2D eigenvalue weighted by Gasteiger charge is -2.42. The highest BCUT2D eigenvalue weighted by molar-refractivity contribution is 9.10. The molecule has 1 saturated carbocycles. The van der Waals surface area contributed by atoms with Crippen molar-refractivity contribution in [3.8, 4) is 0 Å². The lowest BCUT2D eigenvalue weighted by molar-refractivity contribution is 0.0965. The molecule has 0 N–H and O–H groups in total. The van der Waals surface area contributed by atoms with Gasteiger partial charge in [-0.3, -0.25) is 0 Å². The van der Waals surface area contributed by atoms with Crippen LogP contribution in [-0.2, 0) is 0 Å². The van der Waals surface area contributed by atoms with Crippen LogP contribution in [0.2, 0.25) is 0 Å². The molecule has 1 aromatic carbocycles. The van der Waals surface area contributed by atoms with Gasteiger partial charge in [-0.2, -0.15) is 0 Å². The van der Waals surface area contributed by atoms with Crippen LogP contribution in [0.1, 0.15) is 32.7 Å². The van der Waals surface area contributed by atoms with E-state index >= 15 is 0 Å². The first-order chi connectivity index (χ1) is 7.57. The van der Waals surface area contributed by atoms with Gasteiger partial charge < -0.3 is 0 Å². The van der Waals surface area contributed by atoms with E-state index in [2.05, 4.69) is 44.8 Å². The largest absolute Gasteiger partial charge is 0.240 e. The predicted octanol–water partition coefficient (Wildman–Crippen LogP) is 3.55. The van der Waals surface area contributed by atoms with Gasteiger partial charge in [0.05, 0.1) is 6.04 Å². The summed E-state index contributed by atoms with van der Waals surface area (Å²) in [6.07, 6.45) is 2.37. The molecular formula is C12H14BrN3. The molecule has 0 radical (unpaired) electrons. The van der Waals surface area contributed by atoms with Gasteiger partial charge in [-0.25, -0.2) is 4.68 Å². The summed E-state index contributed by atoms with van der Waals surface area (Å²) in [5.41, 5.74) is 2.56. The zero-order valence-corrected chi connectivity index (χ0v) is 11.0. The van der Waals surface area contributed by atoms with E-state index in [1.165, 1.54) is 12.8 Å². The average molecular weight is 280 g/mol. The maximum atomic E-state index is 4.28. The van der Waals surface area contributed by atoms with Crippen molar-refractivity contribution in [2.75, 3.05) is 0 Å². The highest BCUT2D eigenvalue weighted by atomic mass is 79.9. The van der Waals surface area contributed by atoms with E-state index < -0.39 is 0 Å². The number of benzene rings is 1. The molecule has 3 nitrogen and oxygen atoms in total. The van der Waals surface area contributed by atoms with Gasteiger partial charge in [-0.15, -0.1) is 5.10 Å². The highest BCUT2D eigenvalue weighted by Crippen LogP contribution is 2.48. The third-order valence-electron chi connectivity index (χ3n) is 3.37. The average Bonchev–Trinajstić information content (AvgIpc) is 2.59. The van der Waals surface area contributed by atoms with Crippen LogP contribution >= 0.6 is 15.9 Å². The minimum atomic E-state index is 0.462. The summed E-state index contributed by atoms with van der Waals surface area (Å²) in [5.74, 6) is 0. The molecule has 1 heterocycles. The lowest BCUT2D eigenvalue weighted by Crippen LogP contribution is -2.34. The van der Waals surface area contributed by atoms with Crippen LogP contribution in [0, 0.1) is 5.41 Å². The zero-order chi connectivity index (χ0) is 11.3. The number of aromatic nitrogens is 3. The Kier molecular flexibility index (Phi) is 2.11. The smallest absolute Gasteiger partial charge is 0.114 e. The van der Waals surface area contributed by atoms with Crippen molar-refractivity contribution in [3.63, 3.8) is 0 Å². The van der Waals surface area contributed by atoms with E-state index in [9.17, 15) is 0 Å². The first kappa shape index (κ1) is 10.3. The Hall–Kier alpha value is -0.900. The van der Waals surface area contributed by atoms with E-state index in [4.69, 9.17) is 0 Å². The Labute approximate surface area is 103 Å². The molecule has 1 aliphatic rings. The molecule has 0 aliphatic heterocycles. The van der Waals surface area contributed by atoms with Crippen LogP contribution in [0.3, 0.4) is 0 Å². The van der Waals surface area contributed by atoms with E-state index in [0.717, 1.165) is 15.5 Å². The second kappa shape index (κ2) is 3.29. The Morgan fingerprint density at radius 3 is 2.81 bits per heavy atom. The number of rotatable bonds is 1. The summed E-state index contributed by atoms with van der Waals surface area (Å²) >= 11 is 3.58. The minimum absolute atomic E-state index is 0.462. The van der Waals surface area contributed by atoms with Gasteiger partial charge >= 0.3 is 0 Å². The van der Waals surface area contributed by atoms with Crippen LogP contribution < -0.4 is 0 Å². The van der Waals surface area contributed by atoms with Crippen LogP contribution in [0.15, 0.2) is 22.7 Å². The van der Waals surface area contributed by atoms with Gasteiger partial charge in [-0.1, -0.05) is 25.1 Å². The SMILES string of the molecule is CC1(C)CC(n2nnc3cccc(Br)c32)C1. The van der Waals surface area contributed by atoms with Crippen molar-refractivity contribution in [2.45, 2.75) is 32.7 Å². The van der Waals surface area contributed by atoms with Crippen molar-refractivity contribution in [2.24, 2.45) is 5.41 Å². The fourth-order valence-electron chi connectivity index (χ4n) is 2.60. The number of nitrogens with zero attached hydrogens (tertiary/aromatic N) is 3. The summed E-state index contributed by atoms with van der Waals surface area (Å²) < 4.78 is 3.16. The summed E-state index contributed by atoms with van der Waals surface area (Å²) in [7, 11) is 0. The van der Waals surface area contributed by atoms with Crippen molar-refractivity contribution >= 4 is 27.0 Å². The normalized spacial score (nSPS) is 19.9. The maximum absolute atomic E-state index is 4.28. The molecule has 3 rings (SSSR count). The third-order valence-corrected chi connectivity index (χ3v) is 4.01. The predicted molar refractivity (Wildman–Crippen MR) is 67.3 cm³/mol. The fourth-order valence-corrected chi connectivity index (χ4v) is 3.13. The molecule has 0 spiro atoms. The molecule has 4 heteroatoms. The minimum Gasteiger partial charge on any atom is -0.240 e. The number of hydrogen-bond donors (Lipinski definition) is 0. The first-order valence-electron chi connectivity index (χ1n) is 5.56. The number of hydrogen-bond acceptors (Lipinski definition) is 2. The Morgan fingerprint density at radius 1 is 1.38 bits per heavy atom. The summed E-state index contributed by atoms with van der Waals surface area (Å²) in [4.78, 5) is 0. The van der Waals surface area contributed by atoms with Gasteiger partial charge in [0, 0.05) is 4.47 Å². The van der Waals surface area contributed by atoms with E-state index in [0.29, 0.717) is 11.5 Å². The molecule has 0 amide bonds. The fraction of sp³-hybridized carbons (Fsp3) is 0.500. The van der Waals surface area contributed by atoms with Gasteiger partial charge in [-0.05, 0) is 46.3 Å². The van der Waals surface area contributed by atoms with Crippen molar-refractivity contribution < 1.29 is 0 Å². The van der Waals surface area contributed by atoms with Crippen LogP contribution in [0.5, 0.6) is 0 Å². The van der Waals surface area contributed by atoms with E-state index in [1.807, 2.05) is 18.2 Å².